The molecule has 0 aromatic heterocycles. The Kier molecular flexibility index (Phi) is 3.64. The Morgan fingerprint density at radius 1 is 1.36 bits per heavy atom. The maximum Gasteiger partial charge on any atom is 0.119 e. The second-order valence-electron chi connectivity index (χ2n) is 3.65. The minimum atomic E-state index is 0.701. The lowest BCUT2D eigenvalue weighted by Crippen LogP contribution is -2.14. The van der Waals surface area contributed by atoms with Gasteiger partial charge in [-0.25, -0.2) is 3.11 Å². The second kappa shape index (κ2) is 4.98. The average molecular weight is 303 g/mol. The lowest BCUT2D eigenvalue weighted by atomic mass is 10.1. The van der Waals surface area contributed by atoms with E-state index in [0.717, 1.165) is 18.9 Å². The highest BCUT2D eigenvalue weighted by atomic mass is 127. The van der Waals surface area contributed by atoms with Gasteiger partial charge in [-0.2, -0.15) is 0 Å². The van der Waals surface area contributed by atoms with Crippen LogP contribution in [0.1, 0.15) is 6.42 Å². The summed E-state index contributed by atoms with van der Waals surface area (Å²) in [7, 11) is 0. The van der Waals surface area contributed by atoms with Gasteiger partial charge in [-0.3, -0.25) is 0 Å². The molecule has 0 N–H and O–H groups in total. The highest BCUT2D eigenvalue weighted by molar-refractivity contribution is 14.1. The van der Waals surface area contributed by atoms with Crippen LogP contribution in [0.5, 0.6) is 5.75 Å². The molecule has 1 aliphatic rings. The third kappa shape index (κ3) is 2.85. The van der Waals surface area contributed by atoms with Gasteiger partial charge >= 0.3 is 0 Å². The Balaban J connectivity index is 1.78. The van der Waals surface area contributed by atoms with E-state index < -0.39 is 0 Å². The molecule has 0 bridgehead atoms. The summed E-state index contributed by atoms with van der Waals surface area (Å²) in [6.07, 6.45) is 1.26. The number of ether oxygens (including phenoxy) is 1. The van der Waals surface area contributed by atoms with E-state index >= 15 is 0 Å². The first-order valence-electron chi connectivity index (χ1n) is 4.93. The summed E-state index contributed by atoms with van der Waals surface area (Å²) in [6.45, 7) is 3.21. The van der Waals surface area contributed by atoms with Gasteiger partial charge in [0.1, 0.15) is 5.75 Å². The Morgan fingerprint density at radius 2 is 2.14 bits per heavy atom. The number of halogens is 1. The van der Waals surface area contributed by atoms with Gasteiger partial charge in [0.25, 0.3) is 0 Å². The maximum atomic E-state index is 5.71. The molecule has 0 aliphatic carbocycles. The average Bonchev–Trinajstić information content (AvgIpc) is 2.63. The van der Waals surface area contributed by atoms with Crippen molar-refractivity contribution in [2.24, 2.45) is 5.92 Å². The van der Waals surface area contributed by atoms with E-state index in [0.29, 0.717) is 5.92 Å². The van der Waals surface area contributed by atoms with Crippen LogP contribution in [0.3, 0.4) is 0 Å². The fraction of sp³-hybridized carbons (Fsp3) is 0.455. The molecule has 1 fully saturated rings. The normalized spacial score (nSPS) is 22.5. The van der Waals surface area contributed by atoms with E-state index in [1.165, 1.54) is 13.0 Å². The predicted molar refractivity (Wildman–Crippen MR) is 65.6 cm³/mol. The van der Waals surface area contributed by atoms with Crippen LogP contribution < -0.4 is 4.74 Å². The fourth-order valence-electron chi connectivity index (χ4n) is 1.65. The molecule has 1 atom stereocenters. The summed E-state index contributed by atoms with van der Waals surface area (Å²) >= 11 is 2.38. The van der Waals surface area contributed by atoms with Gasteiger partial charge in [0.05, 0.1) is 6.61 Å². The summed E-state index contributed by atoms with van der Waals surface area (Å²) in [4.78, 5) is 0. The first-order valence-corrected chi connectivity index (χ1v) is 5.89. The van der Waals surface area contributed by atoms with E-state index in [-0.39, 0.29) is 0 Å². The van der Waals surface area contributed by atoms with E-state index in [4.69, 9.17) is 4.74 Å². The van der Waals surface area contributed by atoms with Crippen LogP contribution in [0, 0.1) is 5.92 Å². The summed E-state index contributed by atoms with van der Waals surface area (Å²) in [5.74, 6) is 1.69. The zero-order valence-electron chi connectivity index (χ0n) is 8.03. The van der Waals surface area contributed by atoms with Crippen molar-refractivity contribution in [2.75, 3.05) is 19.7 Å². The monoisotopic (exact) mass is 303 g/mol. The predicted octanol–water partition coefficient (Wildman–Crippen LogP) is 2.74. The van der Waals surface area contributed by atoms with Crippen molar-refractivity contribution in [3.05, 3.63) is 30.3 Å². The molecule has 1 aliphatic heterocycles. The van der Waals surface area contributed by atoms with Crippen molar-refractivity contribution in [1.29, 1.82) is 0 Å². The summed E-state index contributed by atoms with van der Waals surface area (Å²) in [5, 5.41) is 0. The number of hydrogen-bond acceptors (Lipinski definition) is 2. The SMILES string of the molecule is IN1CCC(COc2ccccc2)C1. The molecule has 1 aromatic carbocycles. The first-order chi connectivity index (χ1) is 6.84. The molecule has 0 saturated carbocycles. The van der Waals surface area contributed by atoms with Crippen molar-refractivity contribution < 1.29 is 4.74 Å². The third-order valence-electron chi connectivity index (χ3n) is 2.47. The lowest BCUT2D eigenvalue weighted by Gasteiger charge is -2.11. The van der Waals surface area contributed by atoms with Gasteiger partial charge in [-0.15, -0.1) is 0 Å². The minimum Gasteiger partial charge on any atom is -0.493 e. The Labute approximate surface area is 98.7 Å². The van der Waals surface area contributed by atoms with Crippen molar-refractivity contribution in [2.45, 2.75) is 6.42 Å². The Morgan fingerprint density at radius 3 is 2.79 bits per heavy atom. The van der Waals surface area contributed by atoms with Gasteiger partial charge in [0.2, 0.25) is 0 Å². The number of nitrogens with zero attached hydrogens (tertiary/aromatic N) is 1. The topological polar surface area (TPSA) is 12.5 Å². The highest BCUT2D eigenvalue weighted by Gasteiger charge is 2.20. The zero-order chi connectivity index (χ0) is 9.80. The van der Waals surface area contributed by atoms with Crippen molar-refractivity contribution >= 4 is 22.9 Å². The van der Waals surface area contributed by atoms with Crippen LogP contribution in [0.15, 0.2) is 30.3 Å². The van der Waals surface area contributed by atoms with E-state index in [1.54, 1.807) is 0 Å². The molecule has 3 heteroatoms. The van der Waals surface area contributed by atoms with Crippen molar-refractivity contribution in [1.82, 2.24) is 3.11 Å². The van der Waals surface area contributed by atoms with Gasteiger partial charge in [-0.05, 0) is 18.6 Å². The Hall–Kier alpha value is -0.290. The number of para-hydroxylation sites is 1. The quantitative estimate of drug-likeness (QED) is 0.629. The van der Waals surface area contributed by atoms with E-state index in [2.05, 4.69) is 26.0 Å². The summed E-state index contributed by atoms with van der Waals surface area (Å²) < 4.78 is 8.04. The maximum absolute atomic E-state index is 5.71. The molecule has 14 heavy (non-hydrogen) atoms. The van der Waals surface area contributed by atoms with Gasteiger partial charge < -0.3 is 4.74 Å². The third-order valence-corrected chi connectivity index (χ3v) is 3.34. The minimum absolute atomic E-state index is 0.701. The Bertz CT molecular complexity index is 278. The standard InChI is InChI=1S/C11H14INO/c12-13-7-6-10(8-13)9-14-11-4-2-1-3-5-11/h1-5,10H,6-9H2. The van der Waals surface area contributed by atoms with Crippen molar-refractivity contribution in [3.8, 4) is 5.75 Å². The van der Waals surface area contributed by atoms with Crippen LogP contribution >= 0.6 is 22.9 Å². The van der Waals surface area contributed by atoms with Crippen LogP contribution in [-0.4, -0.2) is 22.8 Å². The van der Waals surface area contributed by atoms with Crippen LogP contribution in [-0.2, 0) is 0 Å². The van der Waals surface area contributed by atoms with Gasteiger partial charge in [-0.1, -0.05) is 18.2 Å². The summed E-state index contributed by atoms with van der Waals surface area (Å²) in [6, 6.07) is 10.0. The molecule has 0 amide bonds. The van der Waals surface area contributed by atoms with Crippen molar-refractivity contribution in [3.63, 3.8) is 0 Å². The second-order valence-corrected chi connectivity index (χ2v) is 5.01. The van der Waals surface area contributed by atoms with Gasteiger partial charge in [0, 0.05) is 41.9 Å². The fourth-order valence-corrected chi connectivity index (χ4v) is 2.49. The van der Waals surface area contributed by atoms with Crippen LogP contribution in [0.2, 0.25) is 0 Å². The van der Waals surface area contributed by atoms with Crippen LogP contribution in [0.25, 0.3) is 0 Å². The molecule has 1 aromatic rings. The zero-order valence-corrected chi connectivity index (χ0v) is 10.2. The molecule has 1 unspecified atom stereocenters. The molecule has 0 spiro atoms. The molecule has 2 nitrogen and oxygen atoms in total. The molecule has 1 heterocycles. The lowest BCUT2D eigenvalue weighted by molar-refractivity contribution is 0.257. The first kappa shape index (κ1) is 10.2. The molecule has 2 rings (SSSR count). The molecule has 1 saturated heterocycles. The van der Waals surface area contributed by atoms with Crippen LogP contribution in [0.4, 0.5) is 0 Å². The smallest absolute Gasteiger partial charge is 0.119 e. The molecular formula is C11H14INO. The van der Waals surface area contributed by atoms with E-state index in [9.17, 15) is 0 Å². The molecule has 0 radical (unpaired) electrons. The largest absolute Gasteiger partial charge is 0.493 e. The van der Waals surface area contributed by atoms with Gasteiger partial charge in [0.15, 0.2) is 0 Å². The number of benzene rings is 1. The number of rotatable bonds is 3. The molecule has 76 valence electrons. The molecular weight excluding hydrogens is 289 g/mol. The highest BCUT2D eigenvalue weighted by Crippen LogP contribution is 2.20. The summed E-state index contributed by atoms with van der Waals surface area (Å²) in [5.41, 5.74) is 0. The number of hydrogen-bond donors (Lipinski definition) is 0. The van der Waals surface area contributed by atoms with E-state index in [1.807, 2.05) is 30.3 Å².